The number of hydrogen-bond acceptors (Lipinski definition) is 2. The van der Waals surface area contributed by atoms with Gasteiger partial charge < -0.3 is 10.2 Å². The molecule has 0 unspecified atom stereocenters. The van der Waals surface area contributed by atoms with E-state index < -0.39 is 0 Å². The van der Waals surface area contributed by atoms with Crippen molar-refractivity contribution in [3.63, 3.8) is 0 Å². The highest BCUT2D eigenvalue weighted by atomic mass is 16.3. The minimum absolute atomic E-state index is 0.152. The fraction of sp³-hybridized carbons (Fsp3) is 0.300. The number of aliphatic hydroxyl groups is 2. The average Bonchev–Trinajstić information content (AvgIpc) is 2.16. The van der Waals surface area contributed by atoms with Gasteiger partial charge in [0.15, 0.2) is 0 Å². The van der Waals surface area contributed by atoms with Crippen molar-refractivity contribution in [2.75, 3.05) is 6.61 Å². The molecule has 65 valence electrons. The lowest BCUT2D eigenvalue weighted by molar-refractivity contribution is 0.177. The Morgan fingerprint density at radius 2 is 1.83 bits per heavy atom. The van der Waals surface area contributed by atoms with Crippen molar-refractivity contribution < 1.29 is 10.2 Å². The predicted molar refractivity (Wildman–Crippen MR) is 47.0 cm³/mol. The Hall–Kier alpha value is -0.860. The molecule has 2 nitrogen and oxygen atoms in total. The first-order valence-corrected chi connectivity index (χ1v) is 4.01. The third-order valence-electron chi connectivity index (χ3n) is 1.73. The Morgan fingerprint density at radius 3 is 2.42 bits per heavy atom. The van der Waals surface area contributed by atoms with Crippen molar-refractivity contribution in [3.8, 4) is 0 Å². The van der Waals surface area contributed by atoms with E-state index in [1.807, 2.05) is 30.3 Å². The summed E-state index contributed by atoms with van der Waals surface area (Å²) in [7, 11) is 0. The Bertz CT molecular complexity index is 208. The van der Waals surface area contributed by atoms with E-state index in [2.05, 4.69) is 0 Å². The summed E-state index contributed by atoms with van der Waals surface area (Å²) >= 11 is 0. The maximum absolute atomic E-state index is 8.99. The zero-order valence-electron chi connectivity index (χ0n) is 6.90. The summed E-state index contributed by atoms with van der Waals surface area (Å²) in [5.41, 5.74) is 1.18. The zero-order chi connectivity index (χ0) is 8.81. The van der Waals surface area contributed by atoms with E-state index in [1.165, 1.54) is 5.56 Å². The SMILES string of the molecule is OC[C](O)CCc1ccccc1. The molecular formula is C10H13O2. The van der Waals surface area contributed by atoms with Crippen molar-refractivity contribution >= 4 is 0 Å². The average molecular weight is 165 g/mol. The fourth-order valence-electron chi connectivity index (χ4n) is 1.01. The van der Waals surface area contributed by atoms with Gasteiger partial charge in [0, 0.05) is 0 Å². The molecule has 0 aliphatic rings. The summed E-state index contributed by atoms with van der Waals surface area (Å²) in [4.78, 5) is 0. The van der Waals surface area contributed by atoms with Gasteiger partial charge in [-0.15, -0.1) is 0 Å². The number of aryl methyl sites for hydroxylation is 1. The Labute approximate surface area is 72.5 Å². The van der Waals surface area contributed by atoms with E-state index in [0.717, 1.165) is 6.42 Å². The third-order valence-corrected chi connectivity index (χ3v) is 1.73. The van der Waals surface area contributed by atoms with Crippen molar-refractivity contribution in [1.29, 1.82) is 0 Å². The van der Waals surface area contributed by atoms with Crippen LogP contribution >= 0.6 is 0 Å². The topological polar surface area (TPSA) is 40.5 Å². The molecule has 0 heterocycles. The lowest BCUT2D eigenvalue weighted by atomic mass is 10.1. The summed E-state index contributed by atoms with van der Waals surface area (Å²) in [5.74, 6) is 0. The number of benzene rings is 1. The van der Waals surface area contributed by atoms with Crippen LogP contribution < -0.4 is 0 Å². The molecule has 1 radical (unpaired) electrons. The highest BCUT2D eigenvalue weighted by molar-refractivity contribution is 5.15. The molecule has 2 heteroatoms. The molecule has 0 saturated heterocycles. The van der Waals surface area contributed by atoms with Crippen LogP contribution in [0.1, 0.15) is 12.0 Å². The predicted octanol–water partition coefficient (Wildman–Crippen LogP) is 1.52. The van der Waals surface area contributed by atoms with Crippen LogP contribution in [0.4, 0.5) is 0 Å². The molecule has 0 aromatic heterocycles. The lowest BCUT2D eigenvalue weighted by Crippen LogP contribution is -2.02. The summed E-state index contributed by atoms with van der Waals surface area (Å²) in [6, 6.07) is 9.89. The van der Waals surface area contributed by atoms with Crippen LogP contribution in [0, 0.1) is 6.10 Å². The smallest absolute Gasteiger partial charge is 0.119 e. The summed E-state index contributed by atoms with van der Waals surface area (Å²) in [6.07, 6.45) is 1.48. The maximum Gasteiger partial charge on any atom is 0.119 e. The van der Waals surface area contributed by atoms with Crippen molar-refractivity contribution in [1.82, 2.24) is 0 Å². The van der Waals surface area contributed by atoms with Crippen LogP contribution in [-0.4, -0.2) is 16.8 Å². The van der Waals surface area contributed by atoms with Gasteiger partial charge in [-0.2, -0.15) is 0 Å². The minimum Gasteiger partial charge on any atom is -0.393 e. The van der Waals surface area contributed by atoms with E-state index in [0.29, 0.717) is 6.42 Å². The Kier molecular flexibility index (Phi) is 3.77. The molecule has 1 aromatic carbocycles. The van der Waals surface area contributed by atoms with Gasteiger partial charge in [-0.3, -0.25) is 0 Å². The van der Waals surface area contributed by atoms with Crippen molar-refractivity contribution in [3.05, 3.63) is 42.0 Å². The number of rotatable bonds is 4. The van der Waals surface area contributed by atoms with Gasteiger partial charge in [0.1, 0.15) is 6.10 Å². The van der Waals surface area contributed by atoms with Gasteiger partial charge in [-0.1, -0.05) is 30.3 Å². The first-order chi connectivity index (χ1) is 5.83. The number of aliphatic hydroxyl groups excluding tert-OH is 2. The Morgan fingerprint density at radius 1 is 1.17 bits per heavy atom. The van der Waals surface area contributed by atoms with E-state index in [1.54, 1.807) is 0 Å². The normalized spacial score (nSPS) is 10.6. The van der Waals surface area contributed by atoms with Crippen LogP contribution in [0.3, 0.4) is 0 Å². The van der Waals surface area contributed by atoms with Gasteiger partial charge in [-0.05, 0) is 18.4 Å². The molecular weight excluding hydrogens is 152 g/mol. The van der Waals surface area contributed by atoms with Gasteiger partial charge >= 0.3 is 0 Å². The second-order valence-electron chi connectivity index (χ2n) is 2.71. The molecule has 1 aromatic rings. The maximum atomic E-state index is 8.99. The van der Waals surface area contributed by atoms with E-state index in [4.69, 9.17) is 10.2 Å². The van der Waals surface area contributed by atoms with Gasteiger partial charge in [0.25, 0.3) is 0 Å². The zero-order valence-corrected chi connectivity index (χ0v) is 6.90. The largest absolute Gasteiger partial charge is 0.393 e. The highest BCUT2D eigenvalue weighted by Crippen LogP contribution is 2.07. The molecule has 0 saturated carbocycles. The molecule has 12 heavy (non-hydrogen) atoms. The molecule has 1 rings (SSSR count). The van der Waals surface area contributed by atoms with E-state index in [9.17, 15) is 0 Å². The van der Waals surface area contributed by atoms with Crippen LogP contribution in [0.25, 0.3) is 0 Å². The van der Waals surface area contributed by atoms with Crippen LogP contribution in [0.5, 0.6) is 0 Å². The van der Waals surface area contributed by atoms with Crippen LogP contribution in [0.2, 0.25) is 0 Å². The van der Waals surface area contributed by atoms with Gasteiger partial charge in [0.2, 0.25) is 0 Å². The summed E-state index contributed by atoms with van der Waals surface area (Å²) in [5, 5.41) is 17.5. The highest BCUT2D eigenvalue weighted by Gasteiger charge is 2.02. The molecule has 0 amide bonds. The molecule has 0 spiro atoms. The molecule has 0 fully saturated rings. The quantitative estimate of drug-likeness (QED) is 0.710. The van der Waals surface area contributed by atoms with Crippen LogP contribution in [-0.2, 0) is 6.42 Å². The van der Waals surface area contributed by atoms with E-state index >= 15 is 0 Å². The van der Waals surface area contributed by atoms with Crippen LogP contribution in [0.15, 0.2) is 30.3 Å². The summed E-state index contributed by atoms with van der Waals surface area (Å²) in [6.45, 7) is -0.229. The third kappa shape index (κ3) is 3.03. The van der Waals surface area contributed by atoms with Crippen molar-refractivity contribution in [2.24, 2.45) is 0 Å². The molecule has 0 aliphatic heterocycles. The number of hydrogen-bond donors (Lipinski definition) is 2. The van der Waals surface area contributed by atoms with E-state index in [-0.39, 0.29) is 12.7 Å². The second kappa shape index (κ2) is 4.91. The lowest BCUT2D eigenvalue weighted by Gasteiger charge is -2.04. The van der Waals surface area contributed by atoms with Gasteiger partial charge in [0.05, 0.1) is 6.61 Å². The van der Waals surface area contributed by atoms with Crippen molar-refractivity contribution in [2.45, 2.75) is 12.8 Å². The first kappa shape index (κ1) is 9.23. The molecule has 2 N–H and O–H groups in total. The molecule has 0 aliphatic carbocycles. The Balaban J connectivity index is 2.33. The second-order valence-corrected chi connectivity index (χ2v) is 2.71. The molecule has 0 bridgehead atoms. The standard InChI is InChI=1S/C10H13O2/c11-8-10(12)7-6-9-4-2-1-3-5-9/h1-5,11-12H,6-8H2. The minimum atomic E-state index is -0.229. The monoisotopic (exact) mass is 165 g/mol. The first-order valence-electron chi connectivity index (χ1n) is 4.01. The fourth-order valence-corrected chi connectivity index (χ4v) is 1.01. The molecule has 0 atom stereocenters. The summed E-state index contributed by atoms with van der Waals surface area (Å²) < 4.78 is 0. The van der Waals surface area contributed by atoms with Gasteiger partial charge in [-0.25, -0.2) is 0 Å².